The molecule has 3 heteroatoms. The van der Waals surface area contributed by atoms with Gasteiger partial charge in [0.2, 0.25) is 0 Å². The van der Waals surface area contributed by atoms with Crippen LogP contribution in [0.15, 0.2) is 46.9 Å². The number of ketones is 1. The third-order valence-corrected chi connectivity index (χ3v) is 3.34. The minimum atomic E-state index is 0.0174. The molecule has 0 atom stereocenters. The van der Waals surface area contributed by atoms with Crippen LogP contribution in [0.4, 0.5) is 5.69 Å². The van der Waals surface area contributed by atoms with Gasteiger partial charge in [-0.2, -0.15) is 0 Å². The molecule has 0 aliphatic heterocycles. The highest BCUT2D eigenvalue weighted by Gasteiger charge is 2.11. The van der Waals surface area contributed by atoms with Gasteiger partial charge in [0.05, 0.1) is 0 Å². The van der Waals surface area contributed by atoms with E-state index >= 15 is 0 Å². The summed E-state index contributed by atoms with van der Waals surface area (Å²) in [5.74, 6) is 0.0174. The molecule has 2 rings (SSSR count). The summed E-state index contributed by atoms with van der Waals surface area (Å²) in [6.45, 7) is 1.93. The maximum absolute atomic E-state index is 12.3. The van der Waals surface area contributed by atoms with Crippen molar-refractivity contribution in [2.45, 2.75) is 6.92 Å². The predicted molar refractivity (Wildman–Crippen MR) is 73.2 cm³/mol. The zero-order valence-electron chi connectivity index (χ0n) is 9.41. The molecule has 2 N–H and O–H groups in total. The molecule has 0 aromatic heterocycles. The molecule has 0 aliphatic carbocycles. The first kappa shape index (κ1) is 11.9. The lowest BCUT2D eigenvalue weighted by Gasteiger charge is -2.06. The van der Waals surface area contributed by atoms with Crippen LogP contribution in [0.3, 0.4) is 0 Å². The first-order chi connectivity index (χ1) is 8.09. The molecule has 0 saturated carbocycles. The van der Waals surface area contributed by atoms with E-state index < -0.39 is 0 Å². The Morgan fingerprint density at radius 3 is 2.53 bits per heavy atom. The summed E-state index contributed by atoms with van der Waals surface area (Å²) in [4.78, 5) is 12.3. The third-order valence-electron chi connectivity index (χ3n) is 2.65. The van der Waals surface area contributed by atoms with Crippen molar-refractivity contribution in [2.75, 3.05) is 5.73 Å². The molecule has 2 nitrogen and oxygen atoms in total. The van der Waals surface area contributed by atoms with E-state index in [0.717, 1.165) is 15.6 Å². The summed E-state index contributed by atoms with van der Waals surface area (Å²) < 4.78 is 0.747. The van der Waals surface area contributed by atoms with Gasteiger partial charge in [-0.25, -0.2) is 0 Å². The van der Waals surface area contributed by atoms with Gasteiger partial charge in [0, 0.05) is 21.3 Å². The Morgan fingerprint density at radius 2 is 1.88 bits per heavy atom. The topological polar surface area (TPSA) is 43.1 Å². The predicted octanol–water partition coefficient (Wildman–Crippen LogP) is 3.57. The first-order valence-corrected chi connectivity index (χ1v) is 6.04. The van der Waals surface area contributed by atoms with Crippen molar-refractivity contribution in [1.29, 1.82) is 0 Å². The number of nitrogens with two attached hydrogens (primary N) is 1. The Morgan fingerprint density at radius 1 is 1.18 bits per heavy atom. The SMILES string of the molecule is Cc1ccccc1C(=O)c1ccc(N)c(Br)c1. The molecule has 0 amide bonds. The number of hydrogen-bond donors (Lipinski definition) is 1. The van der Waals surface area contributed by atoms with Gasteiger partial charge < -0.3 is 5.73 Å². The Labute approximate surface area is 109 Å². The van der Waals surface area contributed by atoms with Crippen LogP contribution in [-0.4, -0.2) is 5.78 Å². The van der Waals surface area contributed by atoms with Crippen LogP contribution in [-0.2, 0) is 0 Å². The quantitative estimate of drug-likeness (QED) is 0.678. The van der Waals surface area contributed by atoms with Crippen LogP contribution < -0.4 is 5.73 Å². The molecule has 0 saturated heterocycles. The average molecular weight is 290 g/mol. The van der Waals surface area contributed by atoms with Gasteiger partial charge in [-0.3, -0.25) is 4.79 Å². The smallest absolute Gasteiger partial charge is 0.193 e. The number of aryl methyl sites for hydroxylation is 1. The lowest BCUT2D eigenvalue weighted by molar-refractivity contribution is 0.103. The van der Waals surface area contributed by atoms with Crippen molar-refractivity contribution in [3.05, 3.63) is 63.6 Å². The minimum Gasteiger partial charge on any atom is -0.398 e. The molecule has 17 heavy (non-hydrogen) atoms. The maximum Gasteiger partial charge on any atom is 0.193 e. The summed E-state index contributed by atoms with van der Waals surface area (Å²) >= 11 is 3.33. The van der Waals surface area contributed by atoms with Crippen LogP contribution >= 0.6 is 15.9 Å². The minimum absolute atomic E-state index is 0.0174. The van der Waals surface area contributed by atoms with Crippen LogP contribution in [0.1, 0.15) is 21.5 Å². The van der Waals surface area contributed by atoms with E-state index in [2.05, 4.69) is 15.9 Å². The van der Waals surface area contributed by atoms with Crippen LogP contribution in [0.5, 0.6) is 0 Å². The number of halogens is 1. The number of anilines is 1. The number of carbonyl (C=O) groups is 1. The highest BCUT2D eigenvalue weighted by atomic mass is 79.9. The molecule has 0 bridgehead atoms. The third kappa shape index (κ3) is 2.39. The first-order valence-electron chi connectivity index (χ1n) is 5.25. The molecule has 0 aliphatic rings. The second-order valence-electron chi connectivity index (χ2n) is 3.88. The van der Waals surface area contributed by atoms with Gasteiger partial charge >= 0.3 is 0 Å². The molecular weight excluding hydrogens is 278 g/mol. The van der Waals surface area contributed by atoms with E-state index in [9.17, 15) is 4.79 Å². The van der Waals surface area contributed by atoms with Crippen LogP contribution in [0.2, 0.25) is 0 Å². The molecule has 2 aromatic rings. The monoisotopic (exact) mass is 289 g/mol. The maximum atomic E-state index is 12.3. The van der Waals surface area contributed by atoms with Gasteiger partial charge in [-0.05, 0) is 46.6 Å². The van der Waals surface area contributed by atoms with Crippen molar-refractivity contribution in [1.82, 2.24) is 0 Å². The normalized spacial score (nSPS) is 10.2. The molecule has 0 spiro atoms. The van der Waals surface area contributed by atoms with Gasteiger partial charge in [0.25, 0.3) is 0 Å². The fourth-order valence-corrected chi connectivity index (χ4v) is 2.03. The Balaban J connectivity index is 2.44. The summed E-state index contributed by atoms with van der Waals surface area (Å²) in [6.07, 6.45) is 0. The van der Waals surface area contributed by atoms with Crippen LogP contribution in [0, 0.1) is 6.92 Å². The van der Waals surface area contributed by atoms with E-state index in [-0.39, 0.29) is 5.78 Å². The second kappa shape index (κ2) is 4.72. The van der Waals surface area contributed by atoms with Gasteiger partial charge in [-0.15, -0.1) is 0 Å². The van der Waals surface area contributed by atoms with Crippen molar-refractivity contribution in [2.24, 2.45) is 0 Å². The Hall–Kier alpha value is -1.61. The highest BCUT2D eigenvalue weighted by molar-refractivity contribution is 9.10. The van der Waals surface area contributed by atoms with E-state index in [4.69, 9.17) is 5.73 Å². The van der Waals surface area contributed by atoms with Crippen molar-refractivity contribution >= 4 is 27.4 Å². The van der Waals surface area contributed by atoms with E-state index in [1.165, 1.54) is 0 Å². The summed E-state index contributed by atoms with van der Waals surface area (Å²) in [5, 5.41) is 0. The molecule has 0 radical (unpaired) electrons. The highest BCUT2D eigenvalue weighted by Crippen LogP contribution is 2.22. The number of carbonyl (C=O) groups excluding carboxylic acids is 1. The summed E-state index contributed by atoms with van der Waals surface area (Å²) in [7, 11) is 0. The number of rotatable bonds is 2. The average Bonchev–Trinajstić information content (AvgIpc) is 2.32. The molecular formula is C14H12BrNO. The second-order valence-corrected chi connectivity index (χ2v) is 4.73. The zero-order valence-corrected chi connectivity index (χ0v) is 11.0. The zero-order chi connectivity index (χ0) is 12.4. The van der Waals surface area contributed by atoms with E-state index in [1.807, 2.05) is 31.2 Å². The largest absolute Gasteiger partial charge is 0.398 e. The van der Waals surface area contributed by atoms with Gasteiger partial charge in [0.1, 0.15) is 0 Å². The number of nitrogen functional groups attached to an aromatic ring is 1. The molecule has 0 fully saturated rings. The van der Waals surface area contributed by atoms with Gasteiger partial charge in [0.15, 0.2) is 5.78 Å². The van der Waals surface area contributed by atoms with Crippen molar-refractivity contribution in [3.63, 3.8) is 0 Å². The van der Waals surface area contributed by atoms with Crippen molar-refractivity contribution in [3.8, 4) is 0 Å². The lowest BCUT2D eigenvalue weighted by Crippen LogP contribution is -2.04. The fourth-order valence-electron chi connectivity index (χ4n) is 1.65. The lowest BCUT2D eigenvalue weighted by atomic mass is 9.99. The molecule has 2 aromatic carbocycles. The molecule has 86 valence electrons. The molecule has 0 heterocycles. The van der Waals surface area contributed by atoms with Crippen molar-refractivity contribution < 1.29 is 4.79 Å². The fraction of sp³-hybridized carbons (Fsp3) is 0.0714. The van der Waals surface area contributed by atoms with Crippen LogP contribution in [0.25, 0.3) is 0 Å². The standard InChI is InChI=1S/C14H12BrNO/c1-9-4-2-3-5-11(9)14(17)10-6-7-13(16)12(15)8-10/h2-8H,16H2,1H3. The number of benzene rings is 2. The van der Waals surface area contributed by atoms with E-state index in [0.29, 0.717) is 11.3 Å². The Bertz CT molecular complexity index is 578. The van der Waals surface area contributed by atoms with E-state index in [1.54, 1.807) is 18.2 Å². The molecule has 0 unspecified atom stereocenters. The van der Waals surface area contributed by atoms with Gasteiger partial charge in [-0.1, -0.05) is 24.3 Å². The summed E-state index contributed by atoms with van der Waals surface area (Å²) in [6, 6.07) is 12.8. The summed E-state index contributed by atoms with van der Waals surface area (Å²) in [5.41, 5.74) is 8.67. The Kier molecular flexibility index (Phi) is 3.29. The number of hydrogen-bond acceptors (Lipinski definition) is 2.